The summed E-state index contributed by atoms with van der Waals surface area (Å²) in [6, 6.07) is 0. The number of carboxylic acid groups (broad SMARTS) is 1. The van der Waals surface area contributed by atoms with Gasteiger partial charge in [-0.15, -0.1) is 0 Å². The molecule has 2 nitrogen and oxygen atoms in total. The summed E-state index contributed by atoms with van der Waals surface area (Å²) in [5, 5.41) is 8.60. The maximum absolute atomic E-state index is 10.4. The van der Waals surface area contributed by atoms with E-state index >= 15 is 0 Å². The first-order valence-electron chi connectivity index (χ1n) is 5.41. The second kappa shape index (κ2) is 3.11. The SMILES string of the molecule is CC1(C)[C@@H]2CC=C(CCC(=O)O)C[C@@H]21. The van der Waals surface area contributed by atoms with Crippen LogP contribution in [-0.2, 0) is 4.79 Å². The van der Waals surface area contributed by atoms with Crippen molar-refractivity contribution in [3.05, 3.63) is 11.6 Å². The van der Waals surface area contributed by atoms with E-state index in [0.29, 0.717) is 11.8 Å². The molecule has 0 bridgehead atoms. The van der Waals surface area contributed by atoms with Crippen LogP contribution in [0.25, 0.3) is 0 Å². The minimum Gasteiger partial charge on any atom is -0.481 e. The highest BCUT2D eigenvalue weighted by atomic mass is 16.4. The molecule has 2 atom stereocenters. The fourth-order valence-electron chi connectivity index (χ4n) is 2.86. The van der Waals surface area contributed by atoms with Gasteiger partial charge in [-0.05, 0) is 36.5 Å². The van der Waals surface area contributed by atoms with E-state index in [9.17, 15) is 4.79 Å². The van der Waals surface area contributed by atoms with Crippen molar-refractivity contribution in [2.75, 3.05) is 0 Å². The van der Waals surface area contributed by atoms with Crippen LogP contribution in [0.3, 0.4) is 0 Å². The van der Waals surface area contributed by atoms with Crippen molar-refractivity contribution in [1.29, 1.82) is 0 Å². The Morgan fingerprint density at radius 2 is 2.29 bits per heavy atom. The van der Waals surface area contributed by atoms with Gasteiger partial charge in [0.1, 0.15) is 0 Å². The highest BCUT2D eigenvalue weighted by Crippen LogP contribution is 2.64. The third-order valence-electron chi connectivity index (χ3n) is 4.09. The van der Waals surface area contributed by atoms with Gasteiger partial charge in [0.2, 0.25) is 0 Å². The van der Waals surface area contributed by atoms with E-state index in [1.54, 1.807) is 0 Å². The second-order valence-corrected chi connectivity index (χ2v) is 5.23. The van der Waals surface area contributed by atoms with E-state index < -0.39 is 5.97 Å². The molecule has 0 spiro atoms. The van der Waals surface area contributed by atoms with Crippen LogP contribution in [0, 0.1) is 17.3 Å². The summed E-state index contributed by atoms with van der Waals surface area (Å²) in [5.41, 5.74) is 1.89. The molecule has 0 heterocycles. The number of hydrogen-bond acceptors (Lipinski definition) is 1. The Hall–Kier alpha value is -0.790. The molecule has 0 amide bonds. The first kappa shape index (κ1) is 9.75. The van der Waals surface area contributed by atoms with E-state index in [2.05, 4.69) is 19.9 Å². The van der Waals surface area contributed by atoms with Gasteiger partial charge in [-0.1, -0.05) is 25.5 Å². The van der Waals surface area contributed by atoms with Crippen molar-refractivity contribution < 1.29 is 9.90 Å². The zero-order valence-corrected chi connectivity index (χ0v) is 8.92. The minimum absolute atomic E-state index is 0.295. The molecule has 0 aromatic rings. The summed E-state index contributed by atoms with van der Waals surface area (Å²) < 4.78 is 0. The van der Waals surface area contributed by atoms with Gasteiger partial charge in [0, 0.05) is 6.42 Å². The number of allylic oxidation sites excluding steroid dienone is 2. The first-order valence-corrected chi connectivity index (χ1v) is 5.41. The Morgan fingerprint density at radius 3 is 2.86 bits per heavy atom. The molecule has 1 fully saturated rings. The maximum Gasteiger partial charge on any atom is 0.303 e. The molecular formula is C12H18O2. The summed E-state index contributed by atoms with van der Waals surface area (Å²) in [5.74, 6) is 1.02. The van der Waals surface area contributed by atoms with Crippen LogP contribution >= 0.6 is 0 Å². The average Bonchev–Trinajstić information content (AvgIpc) is 2.66. The van der Waals surface area contributed by atoms with Crippen LogP contribution in [0.5, 0.6) is 0 Å². The Kier molecular flexibility index (Phi) is 2.17. The molecule has 1 N–H and O–H groups in total. The van der Waals surface area contributed by atoms with Crippen molar-refractivity contribution in [3.63, 3.8) is 0 Å². The molecule has 0 aliphatic heterocycles. The van der Waals surface area contributed by atoms with Crippen LogP contribution in [-0.4, -0.2) is 11.1 Å². The monoisotopic (exact) mass is 194 g/mol. The van der Waals surface area contributed by atoms with Crippen LogP contribution in [0.15, 0.2) is 11.6 Å². The maximum atomic E-state index is 10.4. The molecule has 2 aliphatic carbocycles. The lowest BCUT2D eigenvalue weighted by Crippen LogP contribution is -2.00. The summed E-state index contributed by atoms with van der Waals surface area (Å²) in [4.78, 5) is 10.4. The lowest BCUT2D eigenvalue weighted by Gasteiger charge is -2.10. The molecule has 1 saturated carbocycles. The molecule has 2 rings (SSSR count). The van der Waals surface area contributed by atoms with Crippen molar-refractivity contribution in [2.45, 2.75) is 39.5 Å². The van der Waals surface area contributed by atoms with Gasteiger partial charge in [-0.2, -0.15) is 0 Å². The minimum atomic E-state index is -0.678. The summed E-state index contributed by atoms with van der Waals surface area (Å²) in [6.45, 7) is 4.66. The second-order valence-electron chi connectivity index (χ2n) is 5.23. The van der Waals surface area contributed by atoms with Crippen LogP contribution in [0.2, 0.25) is 0 Å². The topological polar surface area (TPSA) is 37.3 Å². The largest absolute Gasteiger partial charge is 0.481 e. The highest BCUT2D eigenvalue weighted by molar-refractivity contribution is 5.67. The van der Waals surface area contributed by atoms with E-state index in [-0.39, 0.29) is 0 Å². The van der Waals surface area contributed by atoms with Crippen LogP contribution in [0.1, 0.15) is 39.5 Å². The standard InChI is InChI=1S/C12H18O2/c1-12(2)9-5-3-8(7-10(9)12)4-6-11(13)14/h3,9-10H,4-7H2,1-2H3,(H,13,14)/t9-,10+/m1/s1. The third kappa shape index (κ3) is 1.58. The predicted octanol–water partition coefficient (Wildman–Crippen LogP) is 2.84. The Morgan fingerprint density at radius 1 is 1.57 bits per heavy atom. The fourth-order valence-corrected chi connectivity index (χ4v) is 2.86. The van der Waals surface area contributed by atoms with Crippen LogP contribution in [0.4, 0.5) is 0 Å². The zero-order valence-electron chi connectivity index (χ0n) is 8.92. The quantitative estimate of drug-likeness (QED) is 0.701. The number of fused-ring (bicyclic) bond motifs is 1. The smallest absolute Gasteiger partial charge is 0.303 e. The lowest BCUT2D eigenvalue weighted by molar-refractivity contribution is -0.136. The first-order chi connectivity index (χ1) is 6.51. The molecule has 0 aromatic heterocycles. The summed E-state index contributed by atoms with van der Waals surface area (Å²) in [7, 11) is 0. The van der Waals surface area contributed by atoms with E-state index in [1.165, 1.54) is 12.0 Å². The molecular weight excluding hydrogens is 176 g/mol. The fraction of sp³-hybridized carbons (Fsp3) is 0.750. The molecule has 0 unspecified atom stereocenters. The molecule has 0 saturated heterocycles. The lowest BCUT2D eigenvalue weighted by atomic mass is 9.96. The molecule has 2 heteroatoms. The van der Waals surface area contributed by atoms with E-state index in [0.717, 1.165) is 24.7 Å². The van der Waals surface area contributed by atoms with E-state index in [1.807, 2.05) is 0 Å². The van der Waals surface area contributed by atoms with Gasteiger partial charge in [0.15, 0.2) is 0 Å². The summed E-state index contributed by atoms with van der Waals surface area (Å²) in [6.07, 6.45) is 5.65. The molecule has 0 aromatic carbocycles. The van der Waals surface area contributed by atoms with Gasteiger partial charge in [0.05, 0.1) is 0 Å². The van der Waals surface area contributed by atoms with Gasteiger partial charge < -0.3 is 5.11 Å². The predicted molar refractivity (Wildman–Crippen MR) is 54.9 cm³/mol. The zero-order chi connectivity index (χ0) is 10.3. The number of carboxylic acids is 1. The van der Waals surface area contributed by atoms with Gasteiger partial charge in [0.25, 0.3) is 0 Å². The molecule has 2 aliphatic rings. The van der Waals surface area contributed by atoms with E-state index in [4.69, 9.17) is 5.11 Å². The number of hydrogen-bond donors (Lipinski definition) is 1. The van der Waals surface area contributed by atoms with Crippen molar-refractivity contribution >= 4 is 5.97 Å². The van der Waals surface area contributed by atoms with Crippen molar-refractivity contribution in [2.24, 2.45) is 17.3 Å². The normalized spacial score (nSPS) is 33.1. The van der Waals surface area contributed by atoms with Crippen molar-refractivity contribution in [3.8, 4) is 0 Å². The number of carbonyl (C=O) groups is 1. The molecule has 0 radical (unpaired) electrons. The highest BCUT2D eigenvalue weighted by Gasteiger charge is 2.57. The summed E-state index contributed by atoms with van der Waals surface area (Å²) >= 11 is 0. The Labute approximate surface area is 85.0 Å². The van der Waals surface area contributed by atoms with Gasteiger partial charge >= 0.3 is 5.97 Å². The van der Waals surface area contributed by atoms with Crippen molar-refractivity contribution in [1.82, 2.24) is 0 Å². The van der Waals surface area contributed by atoms with Crippen LogP contribution < -0.4 is 0 Å². The Bertz CT molecular complexity index is 289. The number of aliphatic carboxylic acids is 1. The molecule has 14 heavy (non-hydrogen) atoms. The third-order valence-corrected chi connectivity index (χ3v) is 4.09. The molecule has 78 valence electrons. The van der Waals surface area contributed by atoms with Gasteiger partial charge in [-0.3, -0.25) is 4.79 Å². The Balaban J connectivity index is 1.87. The average molecular weight is 194 g/mol. The van der Waals surface area contributed by atoms with Gasteiger partial charge in [-0.25, -0.2) is 0 Å². The number of rotatable bonds is 3.